The summed E-state index contributed by atoms with van der Waals surface area (Å²) in [6.45, 7) is 0.471. The van der Waals surface area contributed by atoms with Crippen LogP contribution in [0.25, 0.3) is 0 Å². The molecule has 0 aromatic heterocycles. The van der Waals surface area contributed by atoms with Crippen LogP contribution < -0.4 is 5.48 Å². The molecule has 1 heterocycles. The van der Waals surface area contributed by atoms with Gasteiger partial charge in [0.1, 0.15) is 6.10 Å². The van der Waals surface area contributed by atoms with E-state index < -0.39 is 0 Å². The molecule has 1 aliphatic rings. The third-order valence-corrected chi connectivity index (χ3v) is 1.11. The van der Waals surface area contributed by atoms with Gasteiger partial charge in [-0.05, 0) is 0 Å². The average Bonchev–Trinajstić information content (AvgIpc) is 2.17. The zero-order chi connectivity index (χ0) is 6.69. The molecule has 4 heteroatoms. The van der Waals surface area contributed by atoms with E-state index in [1.54, 1.807) is 7.11 Å². The number of amides is 1. The average molecular weight is 131 g/mol. The Morgan fingerprint density at radius 3 is 3.22 bits per heavy atom. The summed E-state index contributed by atoms with van der Waals surface area (Å²) in [5.41, 5.74) is 2.24. The van der Waals surface area contributed by atoms with Crippen LogP contribution in [0.3, 0.4) is 0 Å². The fourth-order valence-electron chi connectivity index (χ4n) is 0.718. The number of hydrogen-bond acceptors (Lipinski definition) is 3. The van der Waals surface area contributed by atoms with E-state index in [1.807, 2.05) is 0 Å². The largest absolute Gasteiger partial charge is 0.382 e. The number of methoxy groups -OCH3 is 1. The number of ether oxygens (including phenoxy) is 1. The summed E-state index contributed by atoms with van der Waals surface area (Å²) in [5.74, 6) is -0.0722. The molecule has 0 aromatic rings. The third-order valence-electron chi connectivity index (χ3n) is 1.11. The molecular formula is C5H9NO3. The zero-order valence-electron chi connectivity index (χ0n) is 5.22. The second-order valence-corrected chi connectivity index (χ2v) is 1.92. The van der Waals surface area contributed by atoms with Gasteiger partial charge in [0, 0.05) is 7.11 Å². The lowest BCUT2D eigenvalue weighted by Gasteiger charge is -2.02. The van der Waals surface area contributed by atoms with Crippen molar-refractivity contribution >= 4 is 5.91 Å². The molecule has 52 valence electrons. The fraction of sp³-hybridized carbons (Fsp3) is 0.800. The quantitative estimate of drug-likeness (QED) is 0.547. The summed E-state index contributed by atoms with van der Waals surface area (Å²) in [7, 11) is 1.58. The van der Waals surface area contributed by atoms with Crippen molar-refractivity contribution in [2.45, 2.75) is 12.5 Å². The molecule has 9 heavy (non-hydrogen) atoms. The van der Waals surface area contributed by atoms with Crippen LogP contribution in [0.1, 0.15) is 6.42 Å². The minimum Gasteiger partial charge on any atom is -0.382 e. The van der Waals surface area contributed by atoms with Crippen molar-refractivity contribution in [1.29, 1.82) is 0 Å². The summed E-state index contributed by atoms with van der Waals surface area (Å²) in [6.07, 6.45) is 0.316. The molecule has 0 aliphatic carbocycles. The van der Waals surface area contributed by atoms with Crippen LogP contribution >= 0.6 is 0 Å². The van der Waals surface area contributed by atoms with Crippen LogP contribution in [0, 0.1) is 0 Å². The number of rotatable bonds is 2. The molecule has 1 atom stereocenters. The monoisotopic (exact) mass is 131 g/mol. The lowest BCUT2D eigenvalue weighted by molar-refractivity contribution is -0.124. The second kappa shape index (κ2) is 2.80. The highest BCUT2D eigenvalue weighted by Gasteiger charge is 2.21. The minimum absolute atomic E-state index is 0.0722. The van der Waals surface area contributed by atoms with E-state index in [9.17, 15) is 4.79 Å². The van der Waals surface area contributed by atoms with Gasteiger partial charge in [0.2, 0.25) is 5.91 Å². The molecule has 0 saturated carbocycles. The topological polar surface area (TPSA) is 47.6 Å². The van der Waals surface area contributed by atoms with Crippen molar-refractivity contribution < 1.29 is 14.4 Å². The van der Waals surface area contributed by atoms with Crippen LogP contribution in [0.4, 0.5) is 0 Å². The maximum atomic E-state index is 10.4. The maximum absolute atomic E-state index is 10.4. The minimum atomic E-state index is -0.0949. The van der Waals surface area contributed by atoms with Crippen LogP contribution in [-0.2, 0) is 14.4 Å². The predicted molar refractivity (Wildman–Crippen MR) is 29.5 cm³/mol. The Kier molecular flexibility index (Phi) is 2.02. The molecule has 0 aromatic carbocycles. The zero-order valence-corrected chi connectivity index (χ0v) is 5.22. The van der Waals surface area contributed by atoms with Crippen molar-refractivity contribution in [3.8, 4) is 0 Å². The maximum Gasteiger partial charge on any atom is 0.246 e. The molecule has 0 bridgehead atoms. The molecule has 1 rings (SSSR count). The van der Waals surface area contributed by atoms with E-state index in [4.69, 9.17) is 9.57 Å². The summed E-state index contributed by atoms with van der Waals surface area (Å²) >= 11 is 0. The SMILES string of the molecule is COCC1CC(=O)NO1. The van der Waals surface area contributed by atoms with Gasteiger partial charge in [-0.15, -0.1) is 0 Å². The fourth-order valence-corrected chi connectivity index (χ4v) is 0.718. The van der Waals surface area contributed by atoms with Gasteiger partial charge < -0.3 is 4.74 Å². The molecule has 1 N–H and O–H groups in total. The first-order chi connectivity index (χ1) is 4.33. The van der Waals surface area contributed by atoms with Crippen molar-refractivity contribution in [3.05, 3.63) is 0 Å². The van der Waals surface area contributed by atoms with Crippen LogP contribution in [0.2, 0.25) is 0 Å². The second-order valence-electron chi connectivity index (χ2n) is 1.92. The highest BCUT2D eigenvalue weighted by molar-refractivity contribution is 5.76. The van der Waals surface area contributed by atoms with Crippen LogP contribution in [0.15, 0.2) is 0 Å². The van der Waals surface area contributed by atoms with Gasteiger partial charge in [-0.25, -0.2) is 5.48 Å². The Balaban J connectivity index is 2.22. The Hall–Kier alpha value is -0.610. The van der Waals surface area contributed by atoms with E-state index in [2.05, 4.69) is 5.48 Å². The van der Waals surface area contributed by atoms with E-state index in [0.717, 1.165) is 0 Å². The van der Waals surface area contributed by atoms with E-state index >= 15 is 0 Å². The molecule has 4 nitrogen and oxygen atoms in total. The lowest BCUT2D eigenvalue weighted by atomic mass is 10.3. The Labute approximate surface area is 53.1 Å². The summed E-state index contributed by atoms with van der Waals surface area (Å²) in [5, 5.41) is 0. The van der Waals surface area contributed by atoms with Crippen LogP contribution in [0.5, 0.6) is 0 Å². The normalized spacial score (nSPS) is 26.3. The molecule has 1 fully saturated rings. The number of hydroxylamine groups is 1. The van der Waals surface area contributed by atoms with Gasteiger partial charge in [-0.3, -0.25) is 9.63 Å². The lowest BCUT2D eigenvalue weighted by Crippen LogP contribution is -2.15. The predicted octanol–water partition coefficient (Wildman–Crippen LogP) is -0.547. The number of hydrogen-bond donors (Lipinski definition) is 1. The molecular weight excluding hydrogens is 122 g/mol. The highest BCUT2D eigenvalue weighted by atomic mass is 16.7. The Morgan fingerprint density at radius 2 is 2.78 bits per heavy atom. The Morgan fingerprint density at radius 1 is 2.00 bits per heavy atom. The first-order valence-corrected chi connectivity index (χ1v) is 2.76. The first kappa shape index (κ1) is 6.51. The molecule has 1 amide bonds. The Bertz CT molecular complexity index is 115. The van der Waals surface area contributed by atoms with Crippen molar-refractivity contribution in [3.63, 3.8) is 0 Å². The van der Waals surface area contributed by atoms with Crippen molar-refractivity contribution in [1.82, 2.24) is 5.48 Å². The van der Waals surface area contributed by atoms with E-state index in [0.29, 0.717) is 13.0 Å². The number of nitrogens with one attached hydrogen (secondary N) is 1. The molecule has 0 spiro atoms. The third kappa shape index (κ3) is 1.65. The van der Waals surface area contributed by atoms with Crippen molar-refractivity contribution in [2.24, 2.45) is 0 Å². The van der Waals surface area contributed by atoms with Crippen molar-refractivity contribution in [2.75, 3.05) is 13.7 Å². The molecule has 1 aliphatic heterocycles. The van der Waals surface area contributed by atoms with Gasteiger partial charge in [-0.1, -0.05) is 0 Å². The molecule has 1 saturated heterocycles. The van der Waals surface area contributed by atoms with E-state index in [1.165, 1.54) is 0 Å². The smallest absolute Gasteiger partial charge is 0.246 e. The molecule has 0 radical (unpaired) electrons. The standard InChI is InChI=1S/C5H9NO3/c1-8-3-4-2-5(7)6-9-4/h4H,2-3H2,1H3,(H,6,7). The number of carbonyl (C=O) groups excluding carboxylic acids is 1. The van der Waals surface area contributed by atoms with E-state index in [-0.39, 0.29) is 12.0 Å². The number of carbonyl (C=O) groups is 1. The molecule has 1 unspecified atom stereocenters. The van der Waals surface area contributed by atoms with Crippen LogP contribution in [-0.4, -0.2) is 25.7 Å². The summed E-state index contributed by atoms with van der Waals surface area (Å²) in [4.78, 5) is 15.2. The van der Waals surface area contributed by atoms with Gasteiger partial charge in [0.05, 0.1) is 13.0 Å². The summed E-state index contributed by atoms with van der Waals surface area (Å²) in [6, 6.07) is 0. The van der Waals surface area contributed by atoms with Gasteiger partial charge in [-0.2, -0.15) is 0 Å². The van der Waals surface area contributed by atoms with Gasteiger partial charge >= 0.3 is 0 Å². The first-order valence-electron chi connectivity index (χ1n) is 2.76. The van der Waals surface area contributed by atoms with Gasteiger partial charge in [0.15, 0.2) is 0 Å². The summed E-state index contributed by atoms with van der Waals surface area (Å²) < 4.78 is 4.76. The highest BCUT2D eigenvalue weighted by Crippen LogP contribution is 2.03. The van der Waals surface area contributed by atoms with Gasteiger partial charge in [0.25, 0.3) is 0 Å².